The van der Waals surface area contributed by atoms with E-state index in [0.29, 0.717) is 6.54 Å². The summed E-state index contributed by atoms with van der Waals surface area (Å²) in [5.74, 6) is 1.59. The van der Waals surface area contributed by atoms with Gasteiger partial charge in [0.05, 0.1) is 13.7 Å². The van der Waals surface area contributed by atoms with Crippen molar-refractivity contribution in [1.29, 1.82) is 0 Å². The van der Waals surface area contributed by atoms with E-state index in [1.165, 1.54) is 12.2 Å². The Morgan fingerprint density at radius 2 is 2.50 bits per heavy atom. The lowest BCUT2D eigenvalue weighted by Crippen LogP contribution is -2.50. The van der Waals surface area contributed by atoms with E-state index in [9.17, 15) is 9.59 Å². The molecule has 2 N–H and O–H groups in total. The second kappa shape index (κ2) is 3.25. The van der Waals surface area contributed by atoms with Crippen molar-refractivity contribution >= 4 is 12.0 Å². The van der Waals surface area contributed by atoms with Crippen molar-refractivity contribution in [2.24, 2.45) is 5.73 Å². The Labute approximate surface area is 68.5 Å². The number of carbonyl (C=O) groups excluding carboxylic acids is 2. The van der Waals surface area contributed by atoms with Gasteiger partial charge >= 0.3 is 6.09 Å². The molecule has 1 fully saturated rings. The molecule has 0 aromatic heterocycles. The van der Waals surface area contributed by atoms with Crippen LogP contribution in [0.3, 0.4) is 0 Å². The van der Waals surface area contributed by atoms with Crippen LogP contribution < -0.4 is 5.73 Å². The summed E-state index contributed by atoms with van der Waals surface area (Å²) < 4.78 is 4.54. The van der Waals surface area contributed by atoms with Crippen molar-refractivity contribution in [1.82, 2.24) is 5.06 Å². The zero-order valence-corrected chi connectivity index (χ0v) is 6.44. The Morgan fingerprint density at radius 3 is 2.92 bits per heavy atom. The smallest absolute Gasteiger partial charge is 0.405 e. The summed E-state index contributed by atoms with van der Waals surface area (Å²) in [4.78, 5) is 25.2. The Bertz CT molecular complexity index is 246. The van der Waals surface area contributed by atoms with Gasteiger partial charge in [0.2, 0.25) is 0 Å². The first-order valence-electron chi connectivity index (χ1n) is 3.21. The number of hydrogen-bond donors (Lipinski definition) is 1. The molecular formula is C6H8N2O4. The molecule has 12 heavy (non-hydrogen) atoms. The Kier molecular flexibility index (Phi) is 2.32. The molecule has 0 aromatic carbocycles. The van der Waals surface area contributed by atoms with Crippen molar-refractivity contribution in [3.05, 3.63) is 5.70 Å². The Balaban J connectivity index is 2.53. The first-order chi connectivity index (χ1) is 5.69. The number of carbonyl (C=O) groups is 1. The molecule has 0 unspecified atom stereocenters. The minimum Gasteiger partial charge on any atom is -0.437 e. The summed E-state index contributed by atoms with van der Waals surface area (Å²) in [5, 5.41) is 1.26. The molecule has 0 bridgehead atoms. The average Bonchev–Trinajstić information content (AvgIpc) is 1.97. The van der Waals surface area contributed by atoms with Crippen molar-refractivity contribution < 1.29 is 19.2 Å². The fraction of sp³-hybridized carbons (Fsp3) is 0.500. The van der Waals surface area contributed by atoms with Crippen LogP contribution in [0.15, 0.2) is 5.70 Å². The minimum absolute atomic E-state index is 0.149. The summed E-state index contributed by atoms with van der Waals surface area (Å²) in [6, 6.07) is 0. The quantitative estimate of drug-likeness (QED) is 0.542. The molecule has 1 rings (SSSR count). The fourth-order valence-corrected chi connectivity index (χ4v) is 0.906. The van der Waals surface area contributed by atoms with E-state index in [0.717, 1.165) is 0 Å². The van der Waals surface area contributed by atoms with Crippen LogP contribution >= 0.6 is 0 Å². The number of nitrogens with two attached hydrogens (primary N) is 1. The molecule has 6 nitrogen and oxygen atoms in total. The second-order valence-corrected chi connectivity index (χ2v) is 2.16. The Hall–Kier alpha value is -1.52. The highest BCUT2D eigenvalue weighted by atomic mass is 16.7. The number of nitrogens with zero attached hydrogens (tertiary/aromatic N) is 1. The van der Waals surface area contributed by atoms with Crippen molar-refractivity contribution in [2.45, 2.75) is 6.10 Å². The van der Waals surface area contributed by atoms with Crippen LogP contribution in [-0.2, 0) is 14.4 Å². The summed E-state index contributed by atoms with van der Waals surface area (Å²) in [7, 11) is 1.40. The third kappa shape index (κ3) is 1.39. The summed E-state index contributed by atoms with van der Waals surface area (Å²) in [6.07, 6.45) is -1.52. The predicted octanol–water partition coefficient (Wildman–Crippen LogP) is -0.957. The lowest BCUT2D eigenvalue weighted by Gasteiger charge is -2.37. The van der Waals surface area contributed by atoms with Gasteiger partial charge in [-0.2, -0.15) is 0 Å². The van der Waals surface area contributed by atoms with E-state index < -0.39 is 12.2 Å². The zero-order chi connectivity index (χ0) is 9.14. The molecule has 0 aliphatic carbocycles. The third-order valence-corrected chi connectivity index (χ3v) is 1.49. The fourth-order valence-electron chi connectivity index (χ4n) is 0.906. The molecule has 0 radical (unpaired) electrons. The van der Waals surface area contributed by atoms with Crippen LogP contribution in [0.5, 0.6) is 0 Å². The van der Waals surface area contributed by atoms with Gasteiger partial charge in [-0.05, 0) is 0 Å². The molecule has 6 heteroatoms. The van der Waals surface area contributed by atoms with Crippen LogP contribution in [0.25, 0.3) is 0 Å². The maximum atomic E-state index is 10.3. The normalized spacial score (nSPS) is 21.2. The molecule has 1 amide bonds. The summed E-state index contributed by atoms with van der Waals surface area (Å²) in [6.45, 7) is 0.310. The number of hydroxylamine groups is 2. The molecule has 1 heterocycles. The number of hydrogen-bond acceptors (Lipinski definition) is 5. The van der Waals surface area contributed by atoms with E-state index in [2.05, 4.69) is 4.74 Å². The number of rotatable bonds is 2. The standard InChI is InChI=1S/C6H8N2O4/c1-11-8-2-5(4(8)3-9)12-6(7)10/h5H,2H2,1H3,(H2,7,10)/t5-/m1/s1. The molecule has 0 spiro atoms. The second-order valence-electron chi connectivity index (χ2n) is 2.16. The van der Waals surface area contributed by atoms with E-state index in [1.807, 2.05) is 0 Å². The Morgan fingerprint density at radius 1 is 1.83 bits per heavy atom. The molecule has 66 valence electrons. The first kappa shape index (κ1) is 8.58. The van der Waals surface area contributed by atoms with Crippen LogP contribution in [0, 0.1) is 0 Å². The summed E-state index contributed by atoms with van der Waals surface area (Å²) >= 11 is 0. The molecule has 0 saturated carbocycles. The van der Waals surface area contributed by atoms with E-state index in [-0.39, 0.29) is 5.70 Å². The zero-order valence-electron chi connectivity index (χ0n) is 6.44. The van der Waals surface area contributed by atoms with Crippen LogP contribution in [0.2, 0.25) is 0 Å². The van der Waals surface area contributed by atoms with Crippen molar-refractivity contribution in [3.63, 3.8) is 0 Å². The summed E-state index contributed by atoms with van der Waals surface area (Å²) in [5.41, 5.74) is 4.89. The molecule has 1 aliphatic rings. The largest absolute Gasteiger partial charge is 0.437 e. The van der Waals surface area contributed by atoms with Gasteiger partial charge in [-0.1, -0.05) is 0 Å². The SMILES string of the molecule is CON1C[C@@H](OC(N)=O)C1=C=O. The van der Waals surface area contributed by atoms with Gasteiger partial charge in [0.25, 0.3) is 0 Å². The highest BCUT2D eigenvalue weighted by Crippen LogP contribution is 2.22. The van der Waals surface area contributed by atoms with Gasteiger partial charge in [0.1, 0.15) is 0 Å². The van der Waals surface area contributed by atoms with E-state index >= 15 is 0 Å². The average molecular weight is 172 g/mol. The lowest BCUT2D eigenvalue weighted by molar-refractivity contribution is -0.172. The highest BCUT2D eigenvalue weighted by molar-refractivity contribution is 5.66. The van der Waals surface area contributed by atoms with Crippen molar-refractivity contribution in [2.75, 3.05) is 13.7 Å². The van der Waals surface area contributed by atoms with Crippen LogP contribution in [0.1, 0.15) is 0 Å². The van der Waals surface area contributed by atoms with Crippen LogP contribution in [-0.4, -0.2) is 36.9 Å². The monoisotopic (exact) mass is 172 g/mol. The van der Waals surface area contributed by atoms with Gasteiger partial charge in [0.15, 0.2) is 17.7 Å². The molecular weight excluding hydrogens is 164 g/mol. The van der Waals surface area contributed by atoms with Gasteiger partial charge < -0.3 is 10.5 Å². The van der Waals surface area contributed by atoms with Crippen LogP contribution in [0.4, 0.5) is 4.79 Å². The van der Waals surface area contributed by atoms with Gasteiger partial charge in [-0.25, -0.2) is 14.7 Å². The third-order valence-electron chi connectivity index (χ3n) is 1.49. The van der Waals surface area contributed by atoms with Gasteiger partial charge in [0, 0.05) is 0 Å². The number of amides is 1. The van der Waals surface area contributed by atoms with E-state index in [1.54, 1.807) is 5.94 Å². The van der Waals surface area contributed by atoms with E-state index in [4.69, 9.17) is 10.6 Å². The number of primary amides is 1. The minimum atomic E-state index is -0.913. The molecule has 0 aromatic rings. The molecule has 1 saturated heterocycles. The number of ether oxygens (including phenoxy) is 1. The predicted molar refractivity (Wildman–Crippen MR) is 37.4 cm³/mol. The maximum Gasteiger partial charge on any atom is 0.405 e. The molecule has 1 atom stereocenters. The topological polar surface area (TPSA) is 81.9 Å². The molecule has 1 aliphatic heterocycles. The lowest BCUT2D eigenvalue weighted by atomic mass is 10.1. The maximum absolute atomic E-state index is 10.3. The van der Waals surface area contributed by atoms with Gasteiger partial charge in [-0.3, -0.25) is 4.84 Å². The first-order valence-corrected chi connectivity index (χ1v) is 3.21. The van der Waals surface area contributed by atoms with Crippen molar-refractivity contribution in [3.8, 4) is 0 Å². The van der Waals surface area contributed by atoms with Gasteiger partial charge in [-0.15, -0.1) is 0 Å². The highest BCUT2D eigenvalue weighted by Gasteiger charge is 2.37.